The minimum atomic E-state index is -0.249. The maximum atomic E-state index is 12.3. The molecular weight excluding hydrogens is 328 g/mol. The summed E-state index contributed by atoms with van der Waals surface area (Å²) in [7, 11) is 1.45. The van der Waals surface area contributed by atoms with Gasteiger partial charge in [-0.2, -0.15) is 0 Å². The Labute approximate surface area is 147 Å². The molecule has 1 N–H and O–H groups in total. The zero-order valence-corrected chi connectivity index (χ0v) is 15.4. The van der Waals surface area contributed by atoms with Gasteiger partial charge in [0.05, 0.1) is 12.7 Å². The van der Waals surface area contributed by atoms with Gasteiger partial charge in [0.25, 0.3) is 0 Å². The van der Waals surface area contributed by atoms with E-state index >= 15 is 0 Å². The van der Waals surface area contributed by atoms with Crippen molar-refractivity contribution < 1.29 is 9.53 Å². The molecule has 2 aliphatic rings. The molecule has 0 radical (unpaired) electrons. The maximum absolute atomic E-state index is 12.3. The van der Waals surface area contributed by atoms with Gasteiger partial charge >= 0.3 is 5.97 Å². The Balaban J connectivity index is 1.85. The quantitative estimate of drug-likeness (QED) is 0.644. The van der Waals surface area contributed by atoms with Gasteiger partial charge < -0.3 is 15.0 Å². The van der Waals surface area contributed by atoms with Crippen LogP contribution in [0, 0.1) is 0 Å². The van der Waals surface area contributed by atoms with Crippen molar-refractivity contribution in [1.82, 2.24) is 4.90 Å². The predicted molar refractivity (Wildman–Crippen MR) is 98.5 cm³/mol. The second-order valence-corrected chi connectivity index (χ2v) is 7.87. The Bertz CT molecular complexity index is 612. The summed E-state index contributed by atoms with van der Waals surface area (Å²) in [6.07, 6.45) is 7.97. The number of aryl methyl sites for hydroxylation is 1. The number of carbonyl (C=O) groups excluding carboxylic acids is 1. The van der Waals surface area contributed by atoms with Crippen LogP contribution < -0.4 is 5.32 Å². The number of nitrogens with one attached hydrogen (secondary N) is 1. The van der Waals surface area contributed by atoms with Gasteiger partial charge in [0.1, 0.15) is 5.00 Å². The Morgan fingerprint density at radius 2 is 2.09 bits per heavy atom. The van der Waals surface area contributed by atoms with Crippen molar-refractivity contribution >= 4 is 39.6 Å². The van der Waals surface area contributed by atoms with Gasteiger partial charge in [-0.05, 0) is 69.7 Å². The summed E-state index contributed by atoms with van der Waals surface area (Å²) in [5.41, 5.74) is 1.88. The molecule has 6 heteroatoms. The number of thiocarbonyl (C=S) groups is 1. The lowest BCUT2D eigenvalue weighted by Gasteiger charge is -2.35. The molecule has 0 aromatic carbocycles. The van der Waals surface area contributed by atoms with Crippen molar-refractivity contribution in [2.45, 2.75) is 57.9 Å². The van der Waals surface area contributed by atoms with E-state index in [1.165, 1.54) is 43.2 Å². The molecule has 1 saturated heterocycles. The molecule has 0 spiro atoms. The highest BCUT2D eigenvalue weighted by Crippen LogP contribution is 2.38. The van der Waals surface area contributed by atoms with E-state index in [0.29, 0.717) is 11.6 Å². The molecule has 1 fully saturated rings. The van der Waals surface area contributed by atoms with E-state index in [0.717, 1.165) is 35.9 Å². The third-order valence-corrected chi connectivity index (χ3v) is 6.39. The van der Waals surface area contributed by atoms with Crippen molar-refractivity contribution in [3.63, 3.8) is 0 Å². The average Bonchev–Trinajstić information content (AvgIpc) is 2.92. The minimum absolute atomic E-state index is 0.249. The molecule has 126 valence electrons. The highest BCUT2D eigenvalue weighted by atomic mass is 32.1. The molecule has 1 aromatic rings. The van der Waals surface area contributed by atoms with Crippen LogP contribution in [0.4, 0.5) is 5.00 Å². The first-order valence-electron chi connectivity index (χ1n) is 8.42. The Kier molecular flexibility index (Phi) is 5.21. The number of methoxy groups -OCH3 is 1. The van der Waals surface area contributed by atoms with E-state index in [1.807, 2.05) is 0 Å². The minimum Gasteiger partial charge on any atom is -0.465 e. The molecule has 1 aliphatic carbocycles. The number of esters is 1. The van der Waals surface area contributed by atoms with Gasteiger partial charge in [-0.1, -0.05) is 0 Å². The maximum Gasteiger partial charge on any atom is 0.341 e. The summed E-state index contributed by atoms with van der Waals surface area (Å²) in [4.78, 5) is 15.8. The van der Waals surface area contributed by atoms with Gasteiger partial charge in [-0.3, -0.25) is 0 Å². The van der Waals surface area contributed by atoms with Crippen LogP contribution in [-0.2, 0) is 17.6 Å². The summed E-state index contributed by atoms with van der Waals surface area (Å²) in [5, 5.41) is 4.96. The van der Waals surface area contributed by atoms with Gasteiger partial charge in [0.2, 0.25) is 0 Å². The number of ether oxygens (including phenoxy) is 1. The van der Waals surface area contributed by atoms with Gasteiger partial charge in [-0.25, -0.2) is 4.79 Å². The predicted octanol–water partition coefficient (Wildman–Crippen LogP) is 3.98. The molecule has 4 nitrogen and oxygen atoms in total. The smallest absolute Gasteiger partial charge is 0.341 e. The summed E-state index contributed by atoms with van der Waals surface area (Å²) in [6, 6.07) is 0.458. The SMILES string of the molecule is COC(=O)c1c(NC(=S)N2CCCCC2C)sc2c1CCCC2. The zero-order valence-electron chi connectivity index (χ0n) is 13.8. The molecule has 1 aromatic heterocycles. The molecule has 1 atom stereocenters. The number of hydrogen-bond donors (Lipinski definition) is 1. The number of likely N-dealkylation sites (tertiary alicyclic amines) is 1. The van der Waals surface area contributed by atoms with Crippen LogP contribution in [0.5, 0.6) is 0 Å². The average molecular weight is 353 g/mol. The van der Waals surface area contributed by atoms with E-state index < -0.39 is 0 Å². The first-order chi connectivity index (χ1) is 11.1. The number of nitrogens with zero attached hydrogens (tertiary/aromatic N) is 1. The third-order valence-electron chi connectivity index (χ3n) is 4.85. The normalized spacial score (nSPS) is 20.8. The van der Waals surface area contributed by atoms with E-state index in [9.17, 15) is 4.79 Å². The fraction of sp³-hybridized carbons (Fsp3) is 0.647. The molecule has 0 amide bonds. The lowest BCUT2D eigenvalue weighted by Crippen LogP contribution is -2.44. The number of carbonyl (C=O) groups is 1. The highest BCUT2D eigenvalue weighted by Gasteiger charge is 2.28. The third kappa shape index (κ3) is 3.38. The standard InChI is InChI=1S/C17H24N2O2S2/c1-11-7-5-6-10-19(11)17(22)18-15-14(16(20)21-2)12-8-3-4-9-13(12)23-15/h11H,3-10H2,1-2H3,(H,18,22). The molecule has 23 heavy (non-hydrogen) atoms. The fourth-order valence-corrected chi connectivity index (χ4v) is 5.26. The summed E-state index contributed by atoms with van der Waals surface area (Å²) < 4.78 is 5.02. The first-order valence-corrected chi connectivity index (χ1v) is 9.64. The lowest BCUT2D eigenvalue weighted by molar-refractivity contribution is 0.0601. The highest BCUT2D eigenvalue weighted by molar-refractivity contribution is 7.80. The van der Waals surface area contributed by atoms with Crippen molar-refractivity contribution in [2.24, 2.45) is 0 Å². The second-order valence-electron chi connectivity index (χ2n) is 6.37. The molecule has 0 bridgehead atoms. The van der Waals surface area contributed by atoms with Crippen LogP contribution in [0.1, 0.15) is 59.8 Å². The van der Waals surface area contributed by atoms with Crippen LogP contribution >= 0.6 is 23.6 Å². The number of rotatable bonds is 2. The van der Waals surface area contributed by atoms with Crippen LogP contribution in [0.25, 0.3) is 0 Å². The molecule has 1 unspecified atom stereocenters. The van der Waals surface area contributed by atoms with Gasteiger partial charge in [0, 0.05) is 17.5 Å². The number of hydrogen-bond acceptors (Lipinski definition) is 4. The van der Waals surface area contributed by atoms with Crippen LogP contribution in [0.3, 0.4) is 0 Å². The number of fused-ring (bicyclic) bond motifs is 1. The Morgan fingerprint density at radius 1 is 1.30 bits per heavy atom. The number of thiophene rings is 1. The molecular formula is C17H24N2O2S2. The summed E-state index contributed by atoms with van der Waals surface area (Å²) in [5.74, 6) is -0.249. The second kappa shape index (κ2) is 7.18. The molecule has 2 heterocycles. The van der Waals surface area contributed by atoms with Gasteiger partial charge in [-0.15, -0.1) is 11.3 Å². The summed E-state index contributed by atoms with van der Waals surface area (Å²) >= 11 is 7.30. The van der Waals surface area contributed by atoms with Crippen LogP contribution in [0.15, 0.2) is 0 Å². The van der Waals surface area contributed by atoms with Crippen molar-refractivity contribution in [1.29, 1.82) is 0 Å². The zero-order chi connectivity index (χ0) is 16.4. The van der Waals surface area contributed by atoms with Crippen LogP contribution in [-0.4, -0.2) is 35.7 Å². The Morgan fingerprint density at radius 3 is 2.83 bits per heavy atom. The number of anilines is 1. The van der Waals surface area contributed by atoms with Crippen molar-refractivity contribution in [2.75, 3.05) is 19.0 Å². The molecule has 3 rings (SSSR count). The topological polar surface area (TPSA) is 41.6 Å². The molecule has 1 aliphatic heterocycles. The number of piperidine rings is 1. The first kappa shape index (κ1) is 16.7. The van der Waals surface area contributed by atoms with Gasteiger partial charge in [0.15, 0.2) is 5.11 Å². The van der Waals surface area contributed by atoms with E-state index in [1.54, 1.807) is 11.3 Å². The summed E-state index contributed by atoms with van der Waals surface area (Å²) in [6.45, 7) is 3.21. The fourth-order valence-electron chi connectivity index (χ4n) is 3.54. The van der Waals surface area contributed by atoms with Crippen molar-refractivity contribution in [3.05, 3.63) is 16.0 Å². The van der Waals surface area contributed by atoms with E-state index in [2.05, 4.69) is 17.1 Å². The van der Waals surface area contributed by atoms with Crippen molar-refractivity contribution in [3.8, 4) is 0 Å². The molecule has 0 saturated carbocycles. The lowest BCUT2D eigenvalue weighted by atomic mass is 9.95. The van der Waals surface area contributed by atoms with E-state index in [-0.39, 0.29) is 5.97 Å². The monoisotopic (exact) mass is 352 g/mol. The van der Waals surface area contributed by atoms with Crippen LogP contribution in [0.2, 0.25) is 0 Å². The Hall–Kier alpha value is -1.14. The van der Waals surface area contributed by atoms with E-state index in [4.69, 9.17) is 17.0 Å². The largest absolute Gasteiger partial charge is 0.465 e.